The Morgan fingerprint density at radius 3 is 1.19 bits per heavy atom. The van der Waals surface area contributed by atoms with E-state index in [4.69, 9.17) is 38.6 Å². The molecule has 32 heavy (non-hydrogen) atoms. The highest BCUT2D eigenvalue weighted by atomic mass is 16.5. The zero-order valence-corrected chi connectivity index (χ0v) is 18.8. The molecule has 0 amide bonds. The van der Waals surface area contributed by atoms with Gasteiger partial charge in [0.25, 0.3) is 0 Å². The first-order valence-electron chi connectivity index (χ1n) is 10.9. The second-order valence-corrected chi connectivity index (χ2v) is 6.89. The molecule has 1 aliphatic rings. The topological polar surface area (TPSA) is 136 Å². The first-order chi connectivity index (χ1) is 15.7. The van der Waals surface area contributed by atoms with E-state index >= 15 is 0 Å². The summed E-state index contributed by atoms with van der Waals surface area (Å²) in [4.78, 5) is 27.4. The maximum Gasteiger partial charge on any atom is 0.320 e. The van der Waals surface area contributed by atoms with Crippen LogP contribution in [0, 0.1) is 0 Å². The number of ether oxygens (including phenoxy) is 6. The summed E-state index contributed by atoms with van der Waals surface area (Å²) in [7, 11) is 0. The second kappa shape index (κ2) is 20.2. The number of aliphatic hydroxyl groups excluding tert-OH is 2. The highest BCUT2D eigenvalue weighted by Gasteiger charge is 2.13. The van der Waals surface area contributed by atoms with Gasteiger partial charge in [-0.2, -0.15) is 0 Å². The SMILES string of the molecule is O=C(CN1CCOCCOCCN(CC(=O)OCCO)CCOCCOCC1)OCCO. The molecule has 12 nitrogen and oxygen atoms in total. The lowest BCUT2D eigenvalue weighted by molar-refractivity contribution is -0.147. The van der Waals surface area contributed by atoms with Gasteiger partial charge < -0.3 is 38.6 Å². The Morgan fingerprint density at radius 1 is 0.594 bits per heavy atom. The third-order valence-electron chi connectivity index (χ3n) is 4.37. The van der Waals surface area contributed by atoms with Crippen LogP contribution < -0.4 is 0 Å². The van der Waals surface area contributed by atoms with Gasteiger partial charge in [-0.1, -0.05) is 0 Å². The van der Waals surface area contributed by atoms with Crippen LogP contribution in [0.3, 0.4) is 0 Å². The van der Waals surface area contributed by atoms with Crippen LogP contribution in [-0.4, -0.2) is 151 Å². The first kappa shape index (κ1) is 28.7. The molecule has 0 spiro atoms. The zero-order chi connectivity index (χ0) is 23.3. The van der Waals surface area contributed by atoms with Crippen molar-refractivity contribution in [3.05, 3.63) is 0 Å². The van der Waals surface area contributed by atoms with Crippen LogP contribution in [0.1, 0.15) is 0 Å². The molecule has 2 N–H and O–H groups in total. The molecule has 0 radical (unpaired) electrons. The summed E-state index contributed by atoms with van der Waals surface area (Å²) in [6.45, 7) is 5.14. The van der Waals surface area contributed by atoms with Crippen LogP contribution in [-0.2, 0) is 38.0 Å². The average Bonchev–Trinajstić information content (AvgIpc) is 2.78. The van der Waals surface area contributed by atoms with Crippen LogP contribution in [0.5, 0.6) is 0 Å². The largest absolute Gasteiger partial charge is 0.462 e. The third-order valence-corrected chi connectivity index (χ3v) is 4.37. The monoisotopic (exact) mass is 466 g/mol. The van der Waals surface area contributed by atoms with E-state index < -0.39 is 11.9 Å². The number of hydrogen-bond acceptors (Lipinski definition) is 12. The number of rotatable bonds is 8. The molecule has 0 bridgehead atoms. The van der Waals surface area contributed by atoms with Crippen LogP contribution in [0.4, 0.5) is 0 Å². The normalized spacial score (nSPS) is 19.6. The van der Waals surface area contributed by atoms with Gasteiger partial charge in [0, 0.05) is 26.2 Å². The van der Waals surface area contributed by atoms with Gasteiger partial charge in [-0.25, -0.2) is 0 Å². The van der Waals surface area contributed by atoms with Crippen molar-refractivity contribution in [2.45, 2.75) is 0 Å². The zero-order valence-electron chi connectivity index (χ0n) is 18.8. The first-order valence-corrected chi connectivity index (χ1v) is 10.9. The fourth-order valence-corrected chi connectivity index (χ4v) is 2.73. The molecule has 1 rings (SSSR count). The van der Waals surface area contributed by atoms with Gasteiger partial charge in [0.2, 0.25) is 0 Å². The lowest BCUT2D eigenvalue weighted by Gasteiger charge is -2.22. The smallest absolute Gasteiger partial charge is 0.320 e. The van der Waals surface area contributed by atoms with Crippen molar-refractivity contribution >= 4 is 11.9 Å². The number of carbonyl (C=O) groups excluding carboxylic acids is 2. The molecular weight excluding hydrogens is 428 g/mol. The van der Waals surface area contributed by atoms with E-state index in [1.807, 2.05) is 9.80 Å². The summed E-state index contributed by atoms with van der Waals surface area (Å²) in [6, 6.07) is 0. The van der Waals surface area contributed by atoms with Crippen molar-refractivity contribution in [1.29, 1.82) is 0 Å². The van der Waals surface area contributed by atoms with E-state index in [2.05, 4.69) is 0 Å². The molecule has 0 saturated carbocycles. The number of nitrogens with zero attached hydrogens (tertiary/aromatic N) is 2. The summed E-state index contributed by atoms with van der Waals surface area (Å²) in [5, 5.41) is 17.5. The summed E-state index contributed by atoms with van der Waals surface area (Å²) in [5.41, 5.74) is 0. The standard InChI is InChI=1S/C20H38N2O10/c23-5-11-31-19(25)17-21-1-7-27-13-14-29-9-3-22(18-20(26)32-12-6-24)4-10-30-16-15-28-8-2-21/h23-24H,1-18H2. The molecular formula is C20H38N2O10. The Bertz CT molecular complexity index is 421. The fourth-order valence-electron chi connectivity index (χ4n) is 2.73. The fraction of sp³-hybridized carbons (Fsp3) is 0.900. The second-order valence-electron chi connectivity index (χ2n) is 6.89. The Kier molecular flexibility index (Phi) is 18.1. The molecule has 0 aliphatic carbocycles. The van der Waals surface area contributed by atoms with Crippen molar-refractivity contribution in [2.24, 2.45) is 0 Å². The van der Waals surface area contributed by atoms with Gasteiger partial charge in [-0.15, -0.1) is 0 Å². The molecule has 0 aromatic carbocycles. The molecule has 0 aromatic heterocycles. The van der Waals surface area contributed by atoms with Gasteiger partial charge in [-0.3, -0.25) is 19.4 Å². The molecule has 0 atom stereocenters. The van der Waals surface area contributed by atoms with Crippen molar-refractivity contribution in [2.75, 3.05) is 119 Å². The Morgan fingerprint density at radius 2 is 0.906 bits per heavy atom. The summed E-state index contributed by atoms with van der Waals surface area (Å²) in [6.07, 6.45) is 0. The third kappa shape index (κ3) is 16.3. The minimum Gasteiger partial charge on any atom is -0.462 e. The molecule has 188 valence electrons. The minimum atomic E-state index is -0.405. The lowest BCUT2D eigenvalue weighted by atomic mass is 10.4. The molecule has 12 heteroatoms. The number of esters is 2. The van der Waals surface area contributed by atoms with Gasteiger partial charge in [0.1, 0.15) is 13.2 Å². The molecule has 1 heterocycles. The quantitative estimate of drug-likeness (QED) is 0.374. The van der Waals surface area contributed by atoms with E-state index in [1.54, 1.807) is 0 Å². The van der Waals surface area contributed by atoms with Gasteiger partial charge in [0.15, 0.2) is 0 Å². The van der Waals surface area contributed by atoms with Gasteiger partial charge >= 0.3 is 11.9 Å². The van der Waals surface area contributed by atoms with Crippen LogP contribution in [0.2, 0.25) is 0 Å². The van der Waals surface area contributed by atoms with Crippen molar-refractivity contribution in [1.82, 2.24) is 9.80 Å². The van der Waals surface area contributed by atoms with Crippen LogP contribution in [0.25, 0.3) is 0 Å². The number of hydrogen-bond donors (Lipinski definition) is 2. The highest BCUT2D eigenvalue weighted by Crippen LogP contribution is 1.96. The predicted molar refractivity (Wildman–Crippen MR) is 112 cm³/mol. The van der Waals surface area contributed by atoms with Crippen molar-refractivity contribution in [3.8, 4) is 0 Å². The molecule has 1 saturated heterocycles. The van der Waals surface area contributed by atoms with E-state index in [0.717, 1.165) is 0 Å². The lowest BCUT2D eigenvalue weighted by Crippen LogP contribution is -2.37. The molecule has 1 fully saturated rings. The summed E-state index contributed by atoms with van der Waals surface area (Å²) >= 11 is 0. The van der Waals surface area contributed by atoms with Crippen LogP contribution in [0.15, 0.2) is 0 Å². The minimum absolute atomic E-state index is 0.0182. The Labute approximate surface area is 189 Å². The maximum atomic E-state index is 11.8. The highest BCUT2D eigenvalue weighted by molar-refractivity contribution is 5.72. The van der Waals surface area contributed by atoms with Gasteiger partial charge in [-0.05, 0) is 0 Å². The average molecular weight is 467 g/mol. The van der Waals surface area contributed by atoms with Crippen molar-refractivity contribution in [3.63, 3.8) is 0 Å². The molecule has 1 aliphatic heterocycles. The van der Waals surface area contributed by atoms with Gasteiger partial charge in [0.05, 0.1) is 79.2 Å². The van der Waals surface area contributed by atoms with E-state index in [-0.39, 0.29) is 39.5 Å². The maximum absolute atomic E-state index is 11.8. The van der Waals surface area contributed by atoms with Crippen LogP contribution >= 0.6 is 0 Å². The number of carbonyl (C=O) groups is 2. The Balaban J connectivity index is 2.41. The predicted octanol–water partition coefficient (Wildman–Crippen LogP) is -2.26. The molecule has 0 aromatic rings. The van der Waals surface area contributed by atoms with E-state index in [1.165, 1.54) is 0 Å². The summed E-state index contributed by atoms with van der Waals surface area (Å²) in [5.74, 6) is -0.810. The Hall–Kier alpha value is -1.38. The summed E-state index contributed by atoms with van der Waals surface area (Å²) < 4.78 is 32.1. The van der Waals surface area contributed by atoms with E-state index in [0.29, 0.717) is 79.0 Å². The molecule has 0 unspecified atom stereocenters. The number of aliphatic hydroxyl groups is 2. The van der Waals surface area contributed by atoms with E-state index in [9.17, 15) is 9.59 Å². The van der Waals surface area contributed by atoms with Crippen molar-refractivity contribution < 1.29 is 48.2 Å².